The Morgan fingerprint density at radius 3 is 2.48 bits per heavy atom. The number of benzene rings is 2. The van der Waals surface area contributed by atoms with Gasteiger partial charge in [0.25, 0.3) is 0 Å². The van der Waals surface area contributed by atoms with Gasteiger partial charge in [0.05, 0.1) is 5.76 Å². The van der Waals surface area contributed by atoms with Crippen molar-refractivity contribution in [3.63, 3.8) is 0 Å². The normalized spacial score (nSPS) is 15.7. The van der Waals surface area contributed by atoms with E-state index in [4.69, 9.17) is 4.65 Å². The lowest BCUT2D eigenvalue weighted by atomic mass is 9.96. The Balaban J connectivity index is 2.03. The predicted molar refractivity (Wildman–Crippen MR) is 85.4 cm³/mol. The topological polar surface area (TPSA) is 26.0 Å². The van der Waals surface area contributed by atoms with Crippen molar-refractivity contribution in [1.82, 2.24) is 4.98 Å². The number of halogens is 2. The molecule has 23 heavy (non-hydrogen) atoms. The Labute approximate surface area is 131 Å². The number of aryl methyl sites for hydroxylation is 1. The number of nitrogens with zero attached hydrogens (tertiary/aromatic N) is 2. The van der Waals surface area contributed by atoms with Crippen LogP contribution in [0, 0.1) is 6.92 Å². The largest absolute Gasteiger partial charge is 0.834 e. The zero-order valence-electron chi connectivity index (χ0n) is 12.4. The van der Waals surface area contributed by atoms with Gasteiger partial charge in [-0.3, -0.25) is 0 Å². The lowest BCUT2D eigenvalue weighted by Crippen LogP contribution is -2.64. The molecule has 0 atom stereocenters. The molecule has 2 heterocycles. The van der Waals surface area contributed by atoms with Gasteiger partial charge in [-0.25, -0.2) is 4.98 Å². The van der Waals surface area contributed by atoms with Crippen LogP contribution in [0.1, 0.15) is 17.0 Å². The first kappa shape index (κ1) is 13.9. The molecule has 0 saturated heterocycles. The van der Waals surface area contributed by atoms with Crippen LogP contribution >= 0.6 is 0 Å². The molecular formula is C17H13BF2N2O. The summed E-state index contributed by atoms with van der Waals surface area (Å²) in [7, 11) is -4.23. The van der Waals surface area contributed by atoms with E-state index in [0.29, 0.717) is 28.0 Å². The molecule has 0 aliphatic carbocycles. The highest BCUT2D eigenvalue weighted by Crippen LogP contribution is 2.29. The number of aromatic nitrogens is 2. The van der Waals surface area contributed by atoms with E-state index in [2.05, 4.69) is 4.98 Å². The second-order valence-corrected chi connectivity index (χ2v) is 5.49. The summed E-state index contributed by atoms with van der Waals surface area (Å²) < 4.78 is 35.6. The van der Waals surface area contributed by atoms with E-state index < -0.39 is 7.04 Å². The van der Waals surface area contributed by atoms with Gasteiger partial charge in [0, 0.05) is 17.7 Å². The molecule has 0 radical (unpaired) electrons. The molecule has 0 fully saturated rings. The van der Waals surface area contributed by atoms with Gasteiger partial charge in [0.1, 0.15) is 11.2 Å². The quantitative estimate of drug-likeness (QED) is 0.642. The van der Waals surface area contributed by atoms with Crippen molar-refractivity contribution < 1.29 is 17.8 Å². The van der Waals surface area contributed by atoms with Crippen LogP contribution in [0.15, 0.2) is 54.6 Å². The maximum absolute atomic E-state index is 14.8. The number of fused-ring (bicyclic) bond motifs is 3. The van der Waals surface area contributed by atoms with E-state index in [1.165, 1.54) is 0 Å². The maximum Gasteiger partial charge on any atom is 0.834 e. The summed E-state index contributed by atoms with van der Waals surface area (Å²) in [5.74, 6) is 0.163. The maximum atomic E-state index is 14.8. The Morgan fingerprint density at radius 2 is 1.70 bits per heavy atom. The van der Waals surface area contributed by atoms with Gasteiger partial charge in [-0.05, 0) is 13.0 Å². The van der Waals surface area contributed by atoms with E-state index in [1.807, 2.05) is 6.07 Å². The van der Waals surface area contributed by atoms with Crippen LogP contribution in [0.3, 0.4) is 0 Å². The van der Waals surface area contributed by atoms with Crippen molar-refractivity contribution in [3.8, 4) is 0 Å². The molecule has 0 amide bonds. The Hall–Kier alpha value is -2.76. The van der Waals surface area contributed by atoms with E-state index in [0.717, 1.165) is 4.48 Å². The fourth-order valence-electron chi connectivity index (χ4n) is 2.92. The van der Waals surface area contributed by atoms with Crippen molar-refractivity contribution in [2.75, 3.05) is 0 Å². The summed E-state index contributed by atoms with van der Waals surface area (Å²) in [5.41, 5.74) is 2.42. The first-order valence-corrected chi connectivity index (χ1v) is 7.34. The summed E-state index contributed by atoms with van der Waals surface area (Å²) in [6.07, 6.45) is 1.63. The van der Waals surface area contributed by atoms with Gasteiger partial charge in [0.2, 0.25) is 0 Å². The zero-order valence-corrected chi connectivity index (χ0v) is 12.4. The highest BCUT2D eigenvalue weighted by atomic mass is 19.3. The van der Waals surface area contributed by atoms with Crippen LogP contribution in [0.5, 0.6) is 0 Å². The molecule has 0 bridgehead atoms. The highest BCUT2D eigenvalue weighted by molar-refractivity contribution is 6.51. The minimum Gasteiger partial charge on any atom is -0.599 e. The van der Waals surface area contributed by atoms with Crippen molar-refractivity contribution in [2.24, 2.45) is 0 Å². The summed E-state index contributed by atoms with van der Waals surface area (Å²) in [6, 6.07) is 15.8. The zero-order chi connectivity index (χ0) is 16.0. The lowest BCUT2D eigenvalue weighted by Gasteiger charge is -2.29. The Bertz CT molecular complexity index is 942. The minimum absolute atomic E-state index is 0.163. The van der Waals surface area contributed by atoms with Crippen LogP contribution in [0.25, 0.3) is 22.9 Å². The standard InChI is InChI=1S/C17H13BF2N2O/c1-12-16-11-17(13-7-3-2-4-8-13)23-18(19,20)22(16)15-10-6-5-9-14(15)21-12/h2-11H,1H3. The first-order valence-electron chi connectivity index (χ1n) is 7.34. The second kappa shape index (κ2) is 4.88. The van der Waals surface area contributed by atoms with E-state index >= 15 is 0 Å². The molecular weight excluding hydrogens is 297 g/mol. The summed E-state index contributed by atoms with van der Waals surface area (Å²) in [4.78, 5) is 4.44. The fourth-order valence-corrected chi connectivity index (χ4v) is 2.92. The van der Waals surface area contributed by atoms with Crippen molar-refractivity contribution in [2.45, 2.75) is 6.92 Å². The van der Waals surface area contributed by atoms with Gasteiger partial charge in [-0.15, -0.1) is 0 Å². The smallest absolute Gasteiger partial charge is 0.599 e. The molecule has 0 N–H and O–H groups in total. The minimum atomic E-state index is -4.23. The second-order valence-electron chi connectivity index (χ2n) is 5.49. The number of rotatable bonds is 1. The number of hydrogen-bond acceptors (Lipinski definition) is 2. The molecule has 3 nitrogen and oxygen atoms in total. The molecule has 4 rings (SSSR count). The molecule has 3 aromatic rings. The third-order valence-electron chi connectivity index (χ3n) is 3.96. The molecule has 2 aromatic carbocycles. The lowest BCUT2D eigenvalue weighted by molar-refractivity contribution is -0.557. The van der Waals surface area contributed by atoms with E-state index in [9.17, 15) is 8.63 Å². The van der Waals surface area contributed by atoms with Gasteiger partial charge in [0.15, 0.2) is 11.2 Å². The predicted octanol–water partition coefficient (Wildman–Crippen LogP) is 3.58. The summed E-state index contributed by atoms with van der Waals surface area (Å²) >= 11 is 0. The number of para-hydroxylation sites is 2. The molecule has 0 saturated carbocycles. The third kappa shape index (κ3) is 2.18. The van der Waals surface area contributed by atoms with Crippen LogP contribution in [-0.4, -0.2) is 12.0 Å². The van der Waals surface area contributed by atoms with Crippen LogP contribution in [0.4, 0.5) is 8.63 Å². The Morgan fingerprint density at radius 1 is 1.00 bits per heavy atom. The summed E-state index contributed by atoms with van der Waals surface area (Å²) in [6.45, 7) is 1.73. The average Bonchev–Trinajstić information content (AvgIpc) is 2.55. The molecule has 114 valence electrons. The van der Waals surface area contributed by atoms with Crippen molar-refractivity contribution in [1.29, 1.82) is 0 Å². The fraction of sp³-hybridized carbons (Fsp3) is 0.0588. The highest BCUT2D eigenvalue weighted by Gasteiger charge is 2.51. The summed E-state index contributed by atoms with van der Waals surface area (Å²) in [5, 5.41) is 0. The van der Waals surface area contributed by atoms with Crippen LogP contribution in [0.2, 0.25) is 0 Å². The van der Waals surface area contributed by atoms with Crippen LogP contribution < -0.4 is 4.48 Å². The molecule has 1 aliphatic heterocycles. The van der Waals surface area contributed by atoms with Gasteiger partial charge in [-0.1, -0.05) is 42.5 Å². The van der Waals surface area contributed by atoms with E-state index in [1.54, 1.807) is 61.5 Å². The molecule has 0 spiro atoms. The van der Waals surface area contributed by atoms with Crippen molar-refractivity contribution >= 4 is 29.9 Å². The number of hydrogen-bond donors (Lipinski definition) is 0. The molecule has 1 aliphatic rings. The van der Waals surface area contributed by atoms with E-state index in [-0.39, 0.29) is 5.76 Å². The SMILES string of the molecule is Cc1nc2ccccc2[n+]2c1C=C(c1ccccc1)O[B-]2(F)F. The van der Waals surface area contributed by atoms with Gasteiger partial charge >= 0.3 is 7.04 Å². The van der Waals surface area contributed by atoms with Gasteiger partial charge < -0.3 is 17.8 Å². The van der Waals surface area contributed by atoms with Crippen molar-refractivity contribution in [3.05, 3.63) is 71.5 Å². The average molecular weight is 310 g/mol. The van der Waals surface area contributed by atoms with Crippen LogP contribution in [-0.2, 0) is 4.65 Å². The Kier molecular flexibility index (Phi) is 2.94. The third-order valence-corrected chi connectivity index (χ3v) is 3.96. The first-order chi connectivity index (χ1) is 11.1. The van der Waals surface area contributed by atoms with Gasteiger partial charge in [-0.2, -0.15) is 0 Å². The molecule has 0 unspecified atom stereocenters. The molecule has 1 aromatic heterocycles. The molecule has 6 heteroatoms. The monoisotopic (exact) mass is 310 g/mol.